The van der Waals surface area contributed by atoms with Crippen LogP contribution >= 0.6 is 0 Å². The van der Waals surface area contributed by atoms with Crippen molar-refractivity contribution in [2.45, 2.75) is 53.2 Å². The summed E-state index contributed by atoms with van der Waals surface area (Å²) in [5.74, 6) is 0.763. The zero-order chi connectivity index (χ0) is 29.9. The van der Waals surface area contributed by atoms with Gasteiger partial charge in [0.15, 0.2) is 12.4 Å². The molecule has 12 nitrogen and oxygen atoms in total. The van der Waals surface area contributed by atoms with Crippen molar-refractivity contribution in [3.63, 3.8) is 0 Å². The Labute approximate surface area is 236 Å². The van der Waals surface area contributed by atoms with E-state index in [-0.39, 0.29) is 24.4 Å². The second-order valence-electron chi connectivity index (χ2n) is 10.6. The Morgan fingerprint density at radius 1 is 1.12 bits per heavy atom. The van der Waals surface area contributed by atoms with Crippen molar-refractivity contribution in [2.24, 2.45) is 0 Å². The number of fused-ring (bicyclic) bond motifs is 1. The molecular weight excluding hydrogens is 528 g/mol. The maximum atomic E-state index is 13.6. The summed E-state index contributed by atoms with van der Waals surface area (Å²) < 4.78 is 12.2. The fourth-order valence-electron chi connectivity index (χ4n) is 4.03. The summed E-state index contributed by atoms with van der Waals surface area (Å²) in [7, 11) is 0. The first-order valence-corrected chi connectivity index (χ1v) is 12.9. The minimum Gasteiger partial charge on any atom is -0.484 e. The van der Waals surface area contributed by atoms with Gasteiger partial charge in [0, 0.05) is 23.2 Å². The Balaban J connectivity index is 1.73. The van der Waals surface area contributed by atoms with E-state index in [1.165, 1.54) is 17.3 Å². The Morgan fingerprint density at radius 2 is 1.88 bits per heavy atom. The molecule has 0 spiro atoms. The van der Waals surface area contributed by atoms with Gasteiger partial charge in [-0.15, -0.1) is 0 Å². The van der Waals surface area contributed by atoms with E-state index in [4.69, 9.17) is 9.47 Å². The quantitative estimate of drug-likeness (QED) is 0.307. The van der Waals surface area contributed by atoms with Gasteiger partial charge in [-0.25, -0.2) is 24.5 Å². The van der Waals surface area contributed by atoms with Crippen LogP contribution in [0.1, 0.15) is 40.2 Å². The van der Waals surface area contributed by atoms with Crippen LogP contribution in [0.3, 0.4) is 0 Å². The Kier molecular flexibility index (Phi) is 8.22. The minimum atomic E-state index is -1.22. The van der Waals surface area contributed by atoms with Gasteiger partial charge in [-0.1, -0.05) is 12.1 Å². The van der Waals surface area contributed by atoms with Gasteiger partial charge in [-0.05, 0) is 77.4 Å². The van der Waals surface area contributed by atoms with Crippen LogP contribution in [0.4, 0.5) is 21.1 Å². The van der Waals surface area contributed by atoms with E-state index in [9.17, 15) is 19.5 Å². The third-order valence-corrected chi connectivity index (χ3v) is 5.67. The standard InChI is InChI=1S/C29H32N6O6/c1-17(2)32-25(36)16-40-21-9-7-8-19(13-21)26-30-11-10-24(33-26)34(28(39)41-29(4,5)6)22-14-20-15-31-35(27(37)38)23(20)12-18(22)3/h7-15,17H,16H2,1-6H3,(H,32,36)(H,37,38). The molecule has 0 unspecified atom stereocenters. The molecule has 41 heavy (non-hydrogen) atoms. The molecule has 0 aliphatic carbocycles. The van der Waals surface area contributed by atoms with Gasteiger partial charge in [-0.2, -0.15) is 9.78 Å². The van der Waals surface area contributed by atoms with Crippen molar-refractivity contribution in [1.82, 2.24) is 25.1 Å². The average Bonchev–Trinajstić information content (AvgIpc) is 3.29. The molecule has 2 amide bonds. The highest BCUT2D eigenvalue weighted by atomic mass is 16.6. The van der Waals surface area contributed by atoms with E-state index < -0.39 is 17.8 Å². The van der Waals surface area contributed by atoms with Gasteiger partial charge in [0.25, 0.3) is 5.91 Å². The molecule has 0 atom stereocenters. The number of rotatable bonds is 7. The molecule has 0 saturated heterocycles. The number of aromatic nitrogens is 4. The molecule has 2 aromatic heterocycles. The molecule has 0 aliphatic rings. The fraction of sp³-hybridized carbons (Fsp3) is 0.310. The number of nitrogens with zero attached hydrogens (tertiary/aromatic N) is 5. The second-order valence-corrected chi connectivity index (χ2v) is 10.6. The number of nitrogens with one attached hydrogen (secondary N) is 1. The van der Waals surface area contributed by atoms with E-state index in [1.807, 2.05) is 13.8 Å². The van der Waals surface area contributed by atoms with Crippen molar-refractivity contribution in [1.29, 1.82) is 0 Å². The highest BCUT2D eigenvalue weighted by Gasteiger charge is 2.28. The summed E-state index contributed by atoms with van der Waals surface area (Å²) in [6, 6.07) is 11.9. The number of hydrogen-bond donors (Lipinski definition) is 2. The van der Waals surface area contributed by atoms with Crippen LogP contribution in [-0.2, 0) is 9.53 Å². The molecule has 4 aromatic rings. The number of hydrogen-bond acceptors (Lipinski definition) is 8. The van der Waals surface area contributed by atoms with E-state index in [2.05, 4.69) is 20.4 Å². The van der Waals surface area contributed by atoms with Gasteiger partial charge in [0.05, 0.1) is 17.4 Å². The number of ether oxygens (including phenoxy) is 2. The van der Waals surface area contributed by atoms with Crippen molar-refractivity contribution in [3.05, 3.63) is 60.4 Å². The van der Waals surface area contributed by atoms with Gasteiger partial charge >= 0.3 is 12.2 Å². The molecule has 0 aliphatic heterocycles. The predicted octanol–water partition coefficient (Wildman–Crippen LogP) is 5.30. The Hall–Kier alpha value is -5.00. The van der Waals surface area contributed by atoms with E-state index in [1.54, 1.807) is 70.2 Å². The number of carbonyl (C=O) groups excluding carboxylic acids is 2. The van der Waals surface area contributed by atoms with Gasteiger partial charge in [-0.3, -0.25) is 4.79 Å². The van der Waals surface area contributed by atoms with Crippen molar-refractivity contribution in [2.75, 3.05) is 11.5 Å². The summed E-state index contributed by atoms with van der Waals surface area (Å²) in [4.78, 5) is 47.5. The maximum absolute atomic E-state index is 13.6. The van der Waals surface area contributed by atoms with Crippen LogP contribution in [0.15, 0.2) is 54.9 Å². The van der Waals surface area contributed by atoms with Gasteiger partial charge < -0.3 is 19.9 Å². The summed E-state index contributed by atoms with van der Waals surface area (Å²) in [6.07, 6.45) is 1.04. The normalized spacial score (nSPS) is 11.4. The SMILES string of the molecule is Cc1cc2c(cnn2C(=O)O)cc1N(C(=O)OC(C)(C)C)c1ccnc(-c2cccc(OCC(=O)NC(C)C)c2)n1. The van der Waals surface area contributed by atoms with Crippen LogP contribution in [0.2, 0.25) is 0 Å². The van der Waals surface area contributed by atoms with Crippen LogP contribution in [-0.4, -0.2) is 61.2 Å². The van der Waals surface area contributed by atoms with Crippen molar-refractivity contribution in [3.8, 4) is 17.1 Å². The lowest BCUT2D eigenvalue weighted by molar-refractivity contribution is -0.123. The third-order valence-electron chi connectivity index (χ3n) is 5.67. The molecule has 2 aromatic carbocycles. The first-order valence-electron chi connectivity index (χ1n) is 12.9. The zero-order valence-corrected chi connectivity index (χ0v) is 23.7. The number of anilines is 2. The predicted molar refractivity (Wildman–Crippen MR) is 153 cm³/mol. The number of aryl methyl sites for hydroxylation is 1. The Morgan fingerprint density at radius 3 is 2.56 bits per heavy atom. The first-order chi connectivity index (χ1) is 19.3. The molecule has 0 bridgehead atoms. The van der Waals surface area contributed by atoms with E-state index in [0.29, 0.717) is 39.3 Å². The minimum absolute atomic E-state index is 0.000747. The molecule has 2 heterocycles. The third kappa shape index (κ3) is 6.96. The van der Waals surface area contributed by atoms with Crippen LogP contribution in [0.25, 0.3) is 22.3 Å². The molecule has 0 radical (unpaired) electrons. The maximum Gasteiger partial charge on any atom is 0.432 e. The smallest absolute Gasteiger partial charge is 0.432 e. The molecule has 4 rings (SSSR count). The van der Waals surface area contributed by atoms with Crippen LogP contribution < -0.4 is 15.0 Å². The molecule has 0 saturated carbocycles. The lowest BCUT2D eigenvalue weighted by Gasteiger charge is -2.28. The number of amides is 2. The lowest BCUT2D eigenvalue weighted by Crippen LogP contribution is -2.34. The highest BCUT2D eigenvalue weighted by molar-refractivity contribution is 6.00. The van der Waals surface area contributed by atoms with Crippen molar-refractivity contribution < 1.29 is 29.0 Å². The van der Waals surface area contributed by atoms with E-state index in [0.717, 1.165) is 4.68 Å². The number of carbonyl (C=O) groups is 3. The fourth-order valence-corrected chi connectivity index (χ4v) is 4.03. The summed E-state index contributed by atoms with van der Waals surface area (Å²) in [5, 5.41) is 16.7. The number of benzene rings is 2. The topological polar surface area (TPSA) is 149 Å². The molecule has 0 fully saturated rings. The zero-order valence-electron chi connectivity index (χ0n) is 23.7. The van der Waals surface area contributed by atoms with Gasteiger partial charge in [0.1, 0.15) is 17.2 Å². The summed E-state index contributed by atoms with van der Waals surface area (Å²) in [6.45, 7) is 10.6. The second kappa shape index (κ2) is 11.6. The molecular formula is C29H32N6O6. The van der Waals surface area contributed by atoms with Crippen LogP contribution in [0, 0.1) is 6.92 Å². The number of carboxylic acid groups (broad SMARTS) is 1. The molecule has 2 N–H and O–H groups in total. The first kappa shape index (κ1) is 29.0. The average molecular weight is 561 g/mol. The van der Waals surface area contributed by atoms with Gasteiger partial charge in [0.2, 0.25) is 0 Å². The lowest BCUT2D eigenvalue weighted by atomic mass is 10.1. The molecule has 12 heteroatoms. The summed E-state index contributed by atoms with van der Waals surface area (Å²) >= 11 is 0. The van der Waals surface area contributed by atoms with Crippen LogP contribution in [0.5, 0.6) is 5.75 Å². The highest BCUT2D eigenvalue weighted by Crippen LogP contribution is 2.33. The monoisotopic (exact) mass is 560 g/mol. The van der Waals surface area contributed by atoms with E-state index >= 15 is 0 Å². The van der Waals surface area contributed by atoms with Crippen molar-refractivity contribution >= 4 is 40.5 Å². The largest absolute Gasteiger partial charge is 0.484 e. The Bertz CT molecular complexity index is 1610. The summed E-state index contributed by atoms with van der Waals surface area (Å²) in [5.41, 5.74) is 1.22. The molecule has 214 valence electrons.